The Hall–Kier alpha value is -2.96. The lowest BCUT2D eigenvalue weighted by molar-refractivity contribution is 0.273. The van der Waals surface area contributed by atoms with Gasteiger partial charge in [-0.3, -0.25) is 0 Å². The van der Waals surface area contributed by atoms with Gasteiger partial charge in [-0.05, 0) is 24.1 Å². The summed E-state index contributed by atoms with van der Waals surface area (Å²) in [5, 5.41) is 14.2. The Morgan fingerprint density at radius 1 is 1.11 bits per heavy atom. The van der Waals surface area contributed by atoms with Crippen LogP contribution in [0.3, 0.4) is 0 Å². The first-order chi connectivity index (χ1) is 13.2. The van der Waals surface area contributed by atoms with Crippen LogP contribution in [0, 0.1) is 0 Å². The van der Waals surface area contributed by atoms with E-state index in [0.29, 0.717) is 23.2 Å². The van der Waals surface area contributed by atoms with Crippen molar-refractivity contribution in [3.8, 4) is 11.3 Å². The monoisotopic (exact) mass is 379 g/mol. The molecule has 27 heavy (non-hydrogen) atoms. The highest BCUT2D eigenvalue weighted by Crippen LogP contribution is 2.28. The summed E-state index contributed by atoms with van der Waals surface area (Å²) in [6, 6.07) is 15.3. The molecule has 0 radical (unpaired) electrons. The molecule has 0 aliphatic carbocycles. The summed E-state index contributed by atoms with van der Waals surface area (Å²) in [6.45, 7) is -0.0445. The Kier molecular flexibility index (Phi) is 5.00. The number of nitrogens with zero attached hydrogens (tertiary/aromatic N) is 3. The number of H-pyrrole nitrogens is 1. The van der Waals surface area contributed by atoms with Crippen molar-refractivity contribution in [3.63, 3.8) is 0 Å². The van der Waals surface area contributed by atoms with Gasteiger partial charge < -0.3 is 15.4 Å². The molecule has 4 rings (SSSR count). The van der Waals surface area contributed by atoms with Crippen LogP contribution in [0.5, 0.6) is 0 Å². The van der Waals surface area contributed by atoms with Crippen molar-refractivity contribution in [3.05, 3.63) is 71.6 Å². The Labute approximate surface area is 161 Å². The molecule has 7 heteroatoms. The molecule has 0 aliphatic heterocycles. The van der Waals surface area contributed by atoms with Gasteiger partial charge in [0.2, 0.25) is 5.95 Å². The van der Waals surface area contributed by atoms with Gasteiger partial charge in [-0.1, -0.05) is 41.9 Å². The van der Waals surface area contributed by atoms with E-state index in [1.54, 1.807) is 12.3 Å². The summed E-state index contributed by atoms with van der Waals surface area (Å²) in [5.74, 6) is 0.380. The molecule has 3 aromatic heterocycles. The predicted octanol–water partition coefficient (Wildman–Crippen LogP) is 3.69. The molecular formula is C20H18ClN5O. The largest absolute Gasteiger partial charge is 0.394 e. The first kappa shape index (κ1) is 17.5. The molecule has 0 bridgehead atoms. The quantitative estimate of drug-likeness (QED) is 0.445. The van der Waals surface area contributed by atoms with Crippen LogP contribution in [0.1, 0.15) is 5.56 Å². The van der Waals surface area contributed by atoms with Crippen molar-refractivity contribution in [2.24, 2.45) is 0 Å². The normalized spacial score (nSPS) is 12.2. The summed E-state index contributed by atoms with van der Waals surface area (Å²) >= 11 is 6.23. The lowest BCUT2D eigenvalue weighted by atomic mass is 10.1. The Morgan fingerprint density at radius 2 is 1.96 bits per heavy atom. The highest BCUT2D eigenvalue weighted by Gasteiger charge is 2.14. The number of hydrogen-bond acceptors (Lipinski definition) is 5. The van der Waals surface area contributed by atoms with Crippen molar-refractivity contribution in [2.75, 3.05) is 11.9 Å². The van der Waals surface area contributed by atoms with Crippen molar-refractivity contribution in [2.45, 2.75) is 12.5 Å². The lowest BCUT2D eigenvalue weighted by Crippen LogP contribution is -2.27. The number of aromatic amines is 1. The zero-order valence-electron chi connectivity index (χ0n) is 14.4. The van der Waals surface area contributed by atoms with Crippen LogP contribution in [0.15, 0.2) is 60.9 Å². The van der Waals surface area contributed by atoms with E-state index in [1.165, 1.54) is 0 Å². The Morgan fingerprint density at radius 3 is 2.78 bits per heavy atom. The smallest absolute Gasteiger partial charge is 0.224 e. The van der Waals surface area contributed by atoms with Crippen LogP contribution < -0.4 is 5.32 Å². The van der Waals surface area contributed by atoms with E-state index in [1.807, 2.05) is 48.7 Å². The van der Waals surface area contributed by atoms with Crippen LogP contribution in [0.2, 0.25) is 5.15 Å². The maximum atomic E-state index is 9.75. The Balaban J connectivity index is 1.62. The molecule has 4 aromatic rings. The summed E-state index contributed by atoms with van der Waals surface area (Å²) in [4.78, 5) is 16.3. The fourth-order valence-electron chi connectivity index (χ4n) is 3.03. The average molecular weight is 380 g/mol. The standard InChI is InChI=1S/C20H18ClN5O/c21-18-10-17(16-11-23-19-15(16)7-4-8-22-19)25-20(26-18)24-14(12-27)9-13-5-2-1-3-6-13/h1-8,10-11,14,27H,9,12H2,(H,22,23)(H,24,25,26). The SMILES string of the molecule is OCC(Cc1ccccc1)Nc1nc(Cl)cc(-c2c[nH]c3ncccc23)n1. The summed E-state index contributed by atoms with van der Waals surface area (Å²) in [6.07, 6.45) is 4.24. The van der Waals surface area contributed by atoms with E-state index in [-0.39, 0.29) is 12.6 Å². The zero-order valence-corrected chi connectivity index (χ0v) is 15.2. The van der Waals surface area contributed by atoms with Crippen LogP contribution >= 0.6 is 11.6 Å². The zero-order chi connectivity index (χ0) is 18.6. The van der Waals surface area contributed by atoms with Crippen LogP contribution in [-0.4, -0.2) is 37.7 Å². The van der Waals surface area contributed by atoms with Crippen LogP contribution in [0.4, 0.5) is 5.95 Å². The Bertz CT molecular complexity index is 1050. The third-order valence-electron chi connectivity index (χ3n) is 4.30. The van der Waals surface area contributed by atoms with Gasteiger partial charge in [-0.25, -0.2) is 15.0 Å². The molecule has 0 aliphatic rings. The van der Waals surface area contributed by atoms with E-state index in [9.17, 15) is 5.11 Å². The van der Waals surface area contributed by atoms with Crippen LogP contribution in [0.25, 0.3) is 22.3 Å². The highest BCUT2D eigenvalue weighted by molar-refractivity contribution is 6.29. The molecule has 0 saturated heterocycles. The fraction of sp³-hybridized carbons (Fsp3) is 0.150. The van der Waals surface area contributed by atoms with Crippen molar-refractivity contribution in [1.82, 2.24) is 19.9 Å². The molecule has 1 aromatic carbocycles. The van der Waals surface area contributed by atoms with Crippen LogP contribution in [-0.2, 0) is 6.42 Å². The molecular weight excluding hydrogens is 362 g/mol. The molecule has 1 unspecified atom stereocenters. The minimum Gasteiger partial charge on any atom is -0.394 e. The highest BCUT2D eigenvalue weighted by atomic mass is 35.5. The van der Waals surface area contributed by atoms with Crippen molar-refractivity contribution in [1.29, 1.82) is 0 Å². The van der Waals surface area contributed by atoms with Crippen molar-refractivity contribution < 1.29 is 5.11 Å². The second-order valence-electron chi connectivity index (χ2n) is 6.21. The number of aromatic nitrogens is 4. The number of aliphatic hydroxyl groups is 1. The molecule has 0 spiro atoms. The number of halogens is 1. The first-order valence-corrected chi connectivity index (χ1v) is 8.99. The molecule has 0 fully saturated rings. The van der Waals surface area contributed by atoms with E-state index in [2.05, 4.69) is 25.3 Å². The van der Waals surface area contributed by atoms with E-state index in [0.717, 1.165) is 22.2 Å². The lowest BCUT2D eigenvalue weighted by Gasteiger charge is -2.17. The van der Waals surface area contributed by atoms with Crippen molar-refractivity contribution >= 4 is 28.6 Å². The minimum atomic E-state index is -0.219. The third kappa shape index (κ3) is 3.92. The van der Waals surface area contributed by atoms with Gasteiger partial charge in [0.25, 0.3) is 0 Å². The second kappa shape index (κ2) is 7.73. The predicted molar refractivity (Wildman–Crippen MR) is 107 cm³/mol. The summed E-state index contributed by atoms with van der Waals surface area (Å²) in [7, 11) is 0. The summed E-state index contributed by atoms with van der Waals surface area (Å²) in [5.41, 5.74) is 3.49. The fourth-order valence-corrected chi connectivity index (χ4v) is 3.21. The number of rotatable bonds is 6. The van der Waals surface area contributed by atoms with Gasteiger partial charge in [0.15, 0.2) is 0 Å². The molecule has 1 atom stereocenters. The van der Waals surface area contributed by atoms with Gasteiger partial charge in [0.1, 0.15) is 10.8 Å². The second-order valence-corrected chi connectivity index (χ2v) is 6.60. The van der Waals surface area contributed by atoms with Gasteiger partial charge in [0.05, 0.1) is 18.3 Å². The number of fused-ring (bicyclic) bond motifs is 1. The summed E-state index contributed by atoms with van der Waals surface area (Å²) < 4.78 is 0. The number of pyridine rings is 1. The molecule has 3 heterocycles. The molecule has 6 nitrogen and oxygen atoms in total. The average Bonchev–Trinajstić information content (AvgIpc) is 3.12. The maximum Gasteiger partial charge on any atom is 0.224 e. The first-order valence-electron chi connectivity index (χ1n) is 8.61. The number of aliphatic hydroxyl groups excluding tert-OH is 1. The molecule has 0 saturated carbocycles. The minimum absolute atomic E-state index is 0.0445. The van der Waals surface area contributed by atoms with E-state index in [4.69, 9.17) is 11.6 Å². The number of benzene rings is 1. The maximum absolute atomic E-state index is 9.75. The molecule has 136 valence electrons. The molecule has 3 N–H and O–H groups in total. The third-order valence-corrected chi connectivity index (χ3v) is 4.49. The van der Waals surface area contributed by atoms with Gasteiger partial charge in [0, 0.05) is 29.4 Å². The number of hydrogen-bond donors (Lipinski definition) is 3. The van der Waals surface area contributed by atoms with Gasteiger partial charge in [-0.2, -0.15) is 0 Å². The van der Waals surface area contributed by atoms with Gasteiger partial charge >= 0.3 is 0 Å². The van der Waals surface area contributed by atoms with Gasteiger partial charge in [-0.15, -0.1) is 0 Å². The topological polar surface area (TPSA) is 86.7 Å². The number of anilines is 1. The molecule has 0 amide bonds. The van der Waals surface area contributed by atoms with E-state index >= 15 is 0 Å². The number of nitrogens with one attached hydrogen (secondary N) is 2. The van der Waals surface area contributed by atoms with E-state index < -0.39 is 0 Å².